The molecule has 2 aliphatic rings. The molecule has 5 nitrogen and oxygen atoms in total. The van der Waals surface area contributed by atoms with Crippen molar-refractivity contribution >= 4 is 11.7 Å². The minimum atomic E-state index is 0.0784. The van der Waals surface area contributed by atoms with Gasteiger partial charge in [0, 0.05) is 37.4 Å². The predicted molar refractivity (Wildman–Crippen MR) is 119 cm³/mol. The van der Waals surface area contributed by atoms with E-state index in [4.69, 9.17) is 4.98 Å². The Bertz CT molecular complexity index is 953. The third-order valence-corrected chi connectivity index (χ3v) is 6.18. The minimum absolute atomic E-state index is 0.0784. The lowest BCUT2D eigenvalue weighted by Gasteiger charge is -2.37. The molecule has 1 aliphatic heterocycles. The normalized spacial score (nSPS) is 16.3. The molecule has 5 heteroatoms. The largest absolute Gasteiger partial charge is 0.352 e. The van der Waals surface area contributed by atoms with Gasteiger partial charge in [-0.15, -0.1) is 0 Å². The van der Waals surface area contributed by atoms with Gasteiger partial charge in [0.1, 0.15) is 11.9 Å². The van der Waals surface area contributed by atoms with E-state index in [1.807, 2.05) is 35.2 Å². The number of hydrogen-bond acceptors (Lipinski definition) is 4. The summed E-state index contributed by atoms with van der Waals surface area (Å²) in [5.41, 5.74) is 5.23. The number of benzene rings is 1. The molecule has 0 radical (unpaired) electrons. The molecule has 1 aliphatic carbocycles. The van der Waals surface area contributed by atoms with Gasteiger partial charge in [-0.3, -0.25) is 4.79 Å². The molecule has 156 valence electrons. The number of anilines is 1. The zero-order valence-electron chi connectivity index (χ0n) is 18.0. The van der Waals surface area contributed by atoms with Crippen LogP contribution in [-0.2, 0) is 19.3 Å². The number of piperazine rings is 1. The summed E-state index contributed by atoms with van der Waals surface area (Å²) in [6, 6.07) is 11.9. The highest BCUT2D eigenvalue weighted by Crippen LogP contribution is 2.33. The highest BCUT2D eigenvalue weighted by atomic mass is 16.2. The van der Waals surface area contributed by atoms with E-state index >= 15 is 0 Å². The van der Waals surface area contributed by atoms with Gasteiger partial charge < -0.3 is 9.80 Å². The van der Waals surface area contributed by atoms with E-state index in [1.54, 1.807) is 0 Å². The zero-order chi connectivity index (χ0) is 21.1. The van der Waals surface area contributed by atoms with Crippen LogP contribution in [0.4, 0.5) is 5.82 Å². The lowest BCUT2D eigenvalue weighted by Crippen LogP contribution is -2.49. The Morgan fingerprint density at radius 2 is 1.73 bits per heavy atom. The molecule has 2 heterocycles. The lowest BCUT2D eigenvalue weighted by molar-refractivity contribution is 0.0746. The van der Waals surface area contributed by atoms with Crippen molar-refractivity contribution in [2.75, 3.05) is 31.1 Å². The maximum atomic E-state index is 12.8. The van der Waals surface area contributed by atoms with E-state index < -0.39 is 0 Å². The second-order valence-electron chi connectivity index (χ2n) is 8.78. The fraction of sp³-hybridized carbons (Fsp3) is 0.480. The Kier molecular flexibility index (Phi) is 6.03. The smallest absolute Gasteiger partial charge is 0.253 e. The average Bonchev–Trinajstić information content (AvgIpc) is 2.79. The number of hydrogen-bond donors (Lipinski definition) is 0. The molecule has 0 spiro atoms. The van der Waals surface area contributed by atoms with Crippen LogP contribution in [0.2, 0.25) is 0 Å². The molecule has 0 atom stereocenters. The van der Waals surface area contributed by atoms with E-state index in [0.29, 0.717) is 32.1 Å². The number of rotatable bonds is 4. The average molecular weight is 403 g/mol. The van der Waals surface area contributed by atoms with Crippen LogP contribution in [0.5, 0.6) is 0 Å². The van der Waals surface area contributed by atoms with Crippen molar-refractivity contribution in [3.63, 3.8) is 0 Å². The van der Waals surface area contributed by atoms with Crippen LogP contribution in [0.3, 0.4) is 0 Å². The molecule has 1 amide bonds. The van der Waals surface area contributed by atoms with Gasteiger partial charge in [-0.05, 0) is 61.3 Å². The molecule has 1 aromatic carbocycles. The van der Waals surface area contributed by atoms with E-state index in [2.05, 4.69) is 24.8 Å². The molecular formula is C25H30N4O. The van der Waals surface area contributed by atoms with E-state index in [-0.39, 0.29) is 5.91 Å². The number of fused-ring (bicyclic) bond motifs is 1. The van der Waals surface area contributed by atoms with Crippen molar-refractivity contribution in [2.45, 2.75) is 46.0 Å². The summed E-state index contributed by atoms with van der Waals surface area (Å²) in [6.45, 7) is 7.17. The lowest BCUT2D eigenvalue weighted by atomic mass is 9.85. The highest BCUT2D eigenvalue weighted by molar-refractivity contribution is 5.94. The summed E-state index contributed by atoms with van der Waals surface area (Å²) in [7, 11) is 0. The van der Waals surface area contributed by atoms with Crippen LogP contribution in [0.15, 0.2) is 30.3 Å². The zero-order valence-corrected chi connectivity index (χ0v) is 18.0. The first-order valence-electron chi connectivity index (χ1n) is 11.1. The van der Waals surface area contributed by atoms with Crippen molar-refractivity contribution in [3.8, 4) is 6.07 Å². The summed E-state index contributed by atoms with van der Waals surface area (Å²) in [5.74, 6) is 1.44. The van der Waals surface area contributed by atoms with Crippen LogP contribution in [0.1, 0.15) is 59.4 Å². The summed E-state index contributed by atoms with van der Waals surface area (Å²) in [6.07, 6.45) is 5.30. The van der Waals surface area contributed by atoms with Crippen LogP contribution >= 0.6 is 0 Å². The van der Waals surface area contributed by atoms with Crippen molar-refractivity contribution in [2.24, 2.45) is 5.92 Å². The third-order valence-electron chi connectivity index (χ3n) is 6.18. The first kappa shape index (κ1) is 20.4. The summed E-state index contributed by atoms with van der Waals surface area (Å²) >= 11 is 0. The van der Waals surface area contributed by atoms with Crippen molar-refractivity contribution < 1.29 is 4.79 Å². The van der Waals surface area contributed by atoms with E-state index in [1.165, 1.54) is 23.2 Å². The fourth-order valence-corrected chi connectivity index (χ4v) is 4.67. The van der Waals surface area contributed by atoms with Gasteiger partial charge >= 0.3 is 0 Å². The fourth-order valence-electron chi connectivity index (χ4n) is 4.67. The Hall–Kier alpha value is -2.87. The first-order chi connectivity index (χ1) is 14.6. The first-order valence-corrected chi connectivity index (χ1v) is 11.1. The van der Waals surface area contributed by atoms with Crippen LogP contribution in [0.25, 0.3) is 0 Å². The Balaban J connectivity index is 1.58. The molecule has 1 saturated heterocycles. The molecule has 0 N–H and O–H groups in total. The van der Waals surface area contributed by atoms with Gasteiger partial charge in [0.15, 0.2) is 0 Å². The quantitative estimate of drug-likeness (QED) is 0.776. The van der Waals surface area contributed by atoms with Crippen LogP contribution in [-0.4, -0.2) is 42.0 Å². The number of nitriles is 1. The Morgan fingerprint density at radius 1 is 1.07 bits per heavy atom. The second-order valence-corrected chi connectivity index (χ2v) is 8.78. The molecule has 1 aromatic heterocycles. The van der Waals surface area contributed by atoms with Gasteiger partial charge in [0.2, 0.25) is 0 Å². The van der Waals surface area contributed by atoms with Gasteiger partial charge in [0.25, 0.3) is 5.91 Å². The van der Waals surface area contributed by atoms with Gasteiger partial charge in [-0.2, -0.15) is 5.26 Å². The minimum Gasteiger partial charge on any atom is -0.352 e. The number of nitrogens with zero attached hydrogens (tertiary/aromatic N) is 4. The summed E-state index contributed by atoms with van der Waals surface area (Å²) in [5, 5.41) is 9.99. The molecule has 30 heavy (non-hydrogen) atoms. The Labute approximate surface area is 179 Å². The predicted octanol–water partition coefficient (Wildman–Crippen LogP) is 3.99. The second kappa shape index (κ2) is 8.87. The van der Waals surface area contributed by atoms with E-state index in [9.17, 15) is 10.1 Å². The molecule has 2 aromatic rings. The number of pyridine rings is 1. The molecule has 0 saturated carbocycles. The third kappa shape index (κ3) is 4.05. The molecule has 0 bridgehead atoms. The van der Waals surface area contributed by atoms with Crippen LogP contribution in [0, 0.1) is 17.2 Å². The van der Waals surface area contributed by atoms with Crippen molar-refractivity contribution in [1.29, 1.82) is 5.26 Å². The SMILES string of the molecule is CC(C)Cc1nc(N2CCN(C(=O)c3ccccc3)CC2)c(C#N)c2c1CCCC2. The number of aromatic nitrogens is 1. The van der Waals surface area contributed by atoms with Crippen molar-refractivity contribution in [3.05, 3.63) is 58.3 Å². The molecule has 0 unspecified atom stereocenters. The topological polar surface area (TPSA) is 60.2 Å². The number of amides is 1. The summed E-state index contributed by atoms with van der Waals surface area (Å²) < 4.78 is 0. The molecule has 4 rings (SSSR count). The highest BCUT2D eigenvalue weighted by Gasteiger charge is 2.28. The maximum Gasteiger partial charge on any atom is 0.253 e. The standard InChI is InChI=1S/C25H30N4O/c1-18(2)16-23-21-11-7-6-10-20(21)22(17-26)24(27-23)28-12-14-29(15-13-28)25(30)19-8-4-3-5-9-19/h3-5,8-9,18H,6-7,10-16H2,1-2H3. The number of carbonyl (C=O) groups is 1. The van der Waals surface area contributed by atoms with Crippen molar-refractivity contribution in [1.82, 2.24) is 9.88 Å². The van der Waals surface area contributed by atoms with Crippen LogP contribution < -0.4 is 4.90 Å². The van der Waals surface area contributed by atoms with E-state index in [0.717, 1.165) is 42.6 Å². The van der Waals surface area contributed by atoms with Gasteiger partial charge in [-0.1, -0.05) is 32.0 Å². The maximum absolute atomic E-state index is 12.8. The van der Waals surface area contributed by atoms with Gasteiger partial charge in [-0.25, -0.2) is 4.98 Å². The molecular weight excluding hydrogens is 372 g/mol. The van der Waals surface area contributed by atoms with Gasteiger partial charge in [0.05, 0.1) is 5.56 Å². The Morgan fingerprint density at radius 3 is 2.37 bits per heavy atom. The summed E-state index contributed by atoms with van der Waals surface area (Å²) in [4.78, 5) is 21.9. The number of carbonyl (C=O) groups excluding carboxylic acids is 1. The monoisotopic (exact) mass is 402 g/mol. The molecule has 1 fully saturated rings.